The summed E-state index contributed by atoms with van der Waals surface area (Å²) in [7, 11) is 0. The first kappa shape index (κ1) is 14.3. The molecule has 0 spiro atoms. The smallest absolute Gasteiger partial charge is 0.148 e. The minimum absolute atomic E-state index is 0.542. The van der Waals surface area contributed by atoms with Gasteiger partial charge in [-0.2, -0.15) is 0 Å². The maximum atomic E-state index is 4.81. The van der Waals surface area contributed by atoms with Gasteiger partial charge in [0.25, 0.3) is 0 Å². The van der Waals surface area contributed by atoms with Crippen molar-refractivity contribution in [3.63, 3.8) is 0 Å². The molecule has 4 heteroatoms. The number of piperidine rings is 1. The highest BCUT2D eigenvalue weighted by atomic mass is 15.2. The van der Waals surface area contributed by atoms with Crippen LogP contribution in [0.3, 0.4) is 0 Å². The molecule has 4 nitrogen and oxygen atoms in total. The lowest BCUT2D eigenvalue weighted by Gasteiger charge is -2.36. The molecule has 1 fully saturated rings. The standard InChI is InChI=1S/C17H24N4/c1-2-10-18-12-14-7-5-6-11-21(14)17-13-19-15-8-3-4-9-16(15)20-17/h3-4,8-9,13-14,18H,2,5-7,10-12H2,1H3. The van der Waals surface area contributed by atoms with E-state index in [0.717, 1.165) is 36.5 Å². The summed E-state index contributed by atoms with van der Waals surface area (Å²) in [5.41, 5.74) is 1.96. The van der Waals surface area contributed by atoms with E-state index in [9.17, 15) is 0 Å². The van der Waals surface area contributed by atoms with Crippen LogP contribution in [0.4, 0.5) is 5.82 Å². The van der Waals surface area contributed by atoms with Crippen molar-refractivity contribution in [3.8, 4) is 0 Å². The first-order valence-electron chi connectivity index (χ1n) is 8.07. The zero-order chi connectivity index (χ0) is 14.5. The second kappa shape index (κ2) is 6.85. The Morgan fingerprint density at radius 2 is 2.10 bits per heavy atom. The van der Waals surface area contributed by atoms with Gasteiger partial charge in [-0.3, -0.25) is 4.98 Å². The highest BCUT2D eigenvalue weighted by Gasteiger charge is 2.23. The highest BCUT2D eigenvalue weighted by Crippen LogP contribution is 2.23. The van der Waals surface area contributed by atoms with Crippen molar-refractivity contribution < 1.29 is 0 Å². The van der Waals surface area contributed by atoms with E-state index < -0.39 is 0 Å². The lowest BCUT2D eigenvalue weighted by atomic mass is 10.0. The number of rotatable bonds is 5. The van der Waals surface area contributed by atoms with E-state index in [1.807, 2.05) is 30.5 Å². The molecule has 112 valence electrons. The van der Waals surface area contributed by atoms with Gasteiger partial charge in [-0.25, -0.2) is 4.98 Å². The lowest BCUT2D eigenvalue weighted by molar-refractivity contribution is 0.433. The summed E-state index contributed by atoms with van der Waals surface area (Å²) in [4.78, 5) is 11.8. The Balaban J connectivity index is 1.80. The van der Waals surface area contributed by atoms with Gasteiger partial charge in [-0.15, -0.1) is 0 Å². The van der Waals surface area contributed by atoms with Crippen molar-refractivity contribution in [1.29, 1.82) is 0 Å². The van der Waals surface area contributed by atoms with Crippen LogP contribution in [0.5, 0.6) is 0 Å². The molecule has 0 amide bonds. The molecular formula is C17H24N4. The van der Waals surface area contributed by atoms with E-state index >= 15 is 0 Å². The van der Waals surface area contributed by atoms with Crippen LogP contribution in [-0.4, -0.2) is 35.6 Å². The molecule has 2 aromatic rings. The quantitative estimate of drug-likeness (QED) is 0.857. The van der Waals surface area contributed by atoms with E-state index in [1.54, 1.807) is 0 Å². The van der Waals surface area contributed by atoms with Gasteiger partial charge in [-0.1, -0.05) is 19.1 Å². The summed E-state index contributed by atoms with van der Waals surface area (Å²) in [6.45, 7) is 5.43. The molecule has 21 heavy (non-hydrogen) atoms. The molecule has 1 atom stereocenters. The van der Waals surface area contributed by atoms with E-state index in [4.69, 9.17) is 4.98 Å². The van der Waals surface area contributed by atoms with Crippen molar-refractivity contribution in [2.45, 2.75) is 38.6 Å². The summed E-state index contributed by atoms with van der Waals surface area (Å²) >= 11 is 0. The van der Waals surface area contributed by atoms with Crippen molar-refractivity contribution in [3.05, 3.63) is 30.5 Å². The molecule has 0 aliphatic carbocycles. The molecular weight excluding hydrogens is 260 g/mol. The molecule has 1 aliphatic heterocycles. The molecule has 1 N–H and O–H groups in total. The van der Waals surface area contributed by atoms with Crippen molar-refractivity contribution in [2.24, 2.45) is 0 Å². The number of hydrogen-bond acceptors (Lipinski definition) is 4. The second-order valence-corrected chi connectivity index (χ2v) is 5.76. The summed E-state index contributed by atoms with van der Waals surface area (Å²) < 4.78 is 0. The Morgan fingerprint density at radius 1 is 1.24 bits per heavy atom. The summed E-state index contributed by atoms with van der Waals surface area (Å²) in [6.07, 6.45) is 6.92. The van der Waals surface area contributed by atoms with Gasteiger partial charge in [0.1, 0.15) is 5.82 Å². The van der Waals surface area contributed by atoms with Gasteiger partial charge in [0, 0.05) is 19.1 Å². The zero-order valence-electron chi connectivity index (χ0n) is 12.8. The maximum absolute atomic E-state index is 4.81. The number of benzene rings is 1. The molecule has 3 rings (SSSR count). The van der Waals surface area contributed by atoms with Gasteiger partial charge < -0.3 is 10.2 Å². The van der Waals surface area contributed by atoms with Gasteiger partial charge in [-0.05, 0) is 44.4 Å². The largest absolute Gasteiger partial charge is 0.351 e. The first-order chi connectivity index (χ1) is 10.4. The number of nitrogens with zero attached hydrogens (tertiary/aromatic N) is 3. The van der Waals surface area contributed by atoms with Crippen LogP contribution in [0.15, 0.2) is 30.5 Å². The average Bonchev–Trinajstić information content (AvgIpc) is 2.55. The molecule has 0 saturated carbocycles. The maximum Gasteiger partial charge on any atom is 0.148 e. The molecule has 1 saturated heterocycles. The Labute approximate surface area is 126 Å². The minimum atomic E-state index is 0.542. The van der Waals surface area contributed by atoms with Gasteiger partial charge in [0.2, 0.25) is 0 Å². The van der Waals surface area contributed by atoms with Crippen molar-refractivity contribution in [2.75, 3.05) is 24.5 Å². The fourth-order valence-corrected chi connectivity index (χ4v) is 3.05. The Hall–Kier alpha value is -1.68. The van der Waals surface area contributed by atoms with Crippen LogP contribution in [0.2, 0.25) is 0 Å². The van der Waals surface area contributed by atoms with Gasteiger partial charge in [0.15, 0.2) is 0 Å². The Kier molecular flexibility index (Phi) is 4.65. The SMILES string of the molecule is CCCNCC1CCCCN1c1cnc2ccccc2n1. The predicted octanol–water partition coefficient (Wildman–Crippen LogP) is 2.99. The monoisotopic (exact) mass is 284 g/mol. The average molecular weight is 284 g/mol. The van der Waals surface area contributed by atoms with Crippen LogP contribution in [0.1, 0.15) is 32.6 Å². The van der Waals surface area contributed by atoms with Crippen LogP contribution < -0.4 is 10.2 Å². The Morgan fingerprint density at radius 3 is 2.95 bits per heavy atom. The number of fused-ring (bicyclic) bond motifs is 1. The van der Waals surface area contributed by atoms with Crippen LogP contribution in [0.25, 0.3) is 11.0 Å². The van der Waals surface area contributed by atoms with Crippen LogP contribution in [0, 0.1) is 0 Å². The van der Waals surface area contributed by atoms with Gasteiger partial charge in [0.05, 0.1) is 17.2 Å². The molecule has 0 radical (unpaired) electrons. The molecule has 0 bridgehead atoms. The second-order valence-electron chi connectivity index (χ2n) is 5.76. The molecule has 2 heterocycles. The van der Waals surface area contributed by atoms with E-state index in [-0.39, 0.29) is 0 Å². The van der Waals surface area contributed by atoms with E-state index in [0.29, 0.717) is 6.04 Å². The number of hydrogen-bond donors (Lipinski definition) is 1. The molecule has 1 aliphatic rings. The fraction of sp³-hybridized carbons (Fsp3) is 0.529. The third kappa shape index (κ3) is 3.32. The summed E-state index contributed by atoms with van der Waals surface area (Å²) in [6, 6.07) is 8.63. The number of aromatic nitrogens is 2. The molecule has 1 unspecified atom stereocenters. The van der Waals surface area contributed by atoms with E-state index in [2.05, 4.69) is 22.1 Å². The Bertz CT molecular complexity index is 584. The first-order valence-corrected chi connectivity index (χ1v) is 8.07. The molecule has 1 aromatic carbocycles. The predicted molar refractivity (Wildman–Crippen MR) is 87.7 cm³/mol. The normalized spacial score (nSPS) is 19.1. The number of anilines is 1. The molecule has 1 aromatic heterocycles. The third-order valence-corrected chi connectivity index (χ3v) is 4.16. The lowest BCUT2D eigenvalue weighted by Crippen LogP contribution is -2.46. The van der Waals surface area contributed by atoms with Crippen LogP contribution in [-0.2, 0) is 0 Å². The highest BCUT2D eigenvalue weighted by molar-refractivity contribution is 5.75. The fourth-order valence-electron chi connectivity index (χ4n) is 3.05. The summed E-state index contributed by atoms with van der Waals surface area (Å²) in [5.74, 6) is 1.02. The summed E-state index contributed by atoms with van der Waals surface area (Å²) in [5, 5.41) is 3.55. The number of para-hydroxylation sites is 2. The van der Waals surface area contributed by atoms with E-state index in [1.165, 1.54) is 25.7 Å². The minimum Gasteiger partial charge on any atom is -0.351 e. The van der Waals surface area contributed by atoms with Crippen molar-refractivity contribution in [1.82, 2.24) is 15.3 Å². The van der Waals surface area contributed by atoms with Gasteiger partial charge >= 0.3 is 0 Å². The number of nitrogens with one attached hydrogen (secondary N) is 1. The van der Waals surface area contributed by atoms with Crippen molar-refractivity contribution >= 4 is 16.9 Å². The third-order valence-electron chi connectivity index (χ3n) is 4.16. The van der Waals surface area contributed by atoms with Crippen LogP contribution >= 0.6 is 0 Å². The topological polar surface area (TPSA) is 41.0 Å². The zero-order valence-corrected chi connectivity index (χ0v) is 12.8.